The summed E-state index contributed by atoms with van der Waals surface area (Å²) in [4.78, 5) is 0. The van der Waals surface area contributed by atoms with Crippen molar-refractivity contribution in [2.24, 2.45) is 23.7 Å². The van der Waals surface area contributed by atoms with E-state index < -0.39 is 6.67 Å². The molecule has 27 heavy (non-hydrogen) atoms. The molecule has 4 heteroatoms. The van der Waals surface area contributed by atoms with Crippen LogP contribution in [0.2, 0.25) is 6.04 Å². The molecule has 2 radical (unpaired) electrons. The number of halogens is 2. The van der Waals surface area contributed by atoms with E-state index in [1.165, 1.54) is 63.9 Å². The molecule has 2 aliphatic rings. The molecule has 0 N–H and O–H groups in total. The minimum absolute atomic E-state index is 0.00952. The normalized spacial score (nSPS) is 28.9. The van der Waals surface area contributed by atoms with Gasteiger partial charge in [0.05, 0.1) is 9.52 Å². The Labute approximate surface area is 166 Å². The molecule has 0 bridgehead atoms. The second-order valence-electron chi connectivity index (χ2n) is 8.53. The molecular formula is C23H34F2OSi. The molecule has 0 unspecified atom stereocenters. The molecule has 2 aliphatic carbocycles. The molecule has 0 amide bonds. The quantitative estimate of drug-likeness (QED) is 0.497. The van der Waals surface area contributed by atoms with Gasteiger partial charge in [-0.25, -0.2) is 8.78 Å². The third-order valence-corrected chi connectivity index (χ3v) is 8.46. The smallest absolute Gasteiger partial charge is 0.125 e. The van der Waals surface area contributed by atoms with Gasteiger partial charge in [0.2, 0.25) is 0 Å². The second-order valence-corrected chi connectivity index (χ2v) is 9.83. The van der Waals surface area contributed by atoms with Crippen molar-refractivity contribution < 1.29 is 13.5 Å². The van der Waals surface area contributed by atoms with E-state index >= 15 is 0 Å². The Balaban J connectivity index is 1.39. The molecule has 0 aliphatic heterocycles. The lowest BCUT2D eigenvalue weighted by Crippen LogP contribution is -2.27. The maximum atomic E-state index is 14.2. The van der Waals surface area contributed by atoms with Crippen LogP contribution in [0.3, 0.4) is 0 Å². The first-order valence-corrected chi connectivity index (χ1v) is 12.1. The van der Waals surface area contributed by atoms with E-state index in [0.717, 1.165) is 34.9 Å². The molecule has 1 nitrogen and oxygen atoms in total. The number of ether oxygens (including phenoxy) is 1. The highest BCUT2D eigenvalue weighted by molar-refractivity contribution is 6.53. The van der Waals surface area contributed by atoms with Crippen molar-refractivity contribution in [1.82, 2.24) is 0 Å². The summed E-state index contributed by atoms with van der Waals surface area (Å²) < 4.78 is 31.5. The van der Waals surface area contributed by atoms with Crippen LogP contribution in [0.25, 0.3) is 0 Å². The Bertz CT molecular complexity index is 563. The van der Waals surface area contributed by atoms with E-state index in [1.807, 2.05) is 6.07 Å². The topological polar surface area (TPSA) is 9.23 Å². The van der Waals surface area contributed by atoms with Crippen LogP contribution in [0.5, 0.6) is 5.75 Å². The molecule has 2 fully saturated rings. The summed E-state index contributed by atoms with van der Waals surface area (Å²) in [6.07, 6.45) is 12.6. The van der Waals surface area contributed by atoms with E-state index in [4.69, 9.17) is 4.74 Å². The van der Waals surface area contributed by atoms with Crippen LogP contribution in [-0.2, 0) is 0 Å². The summed E-state index contributed by atoms with van der Waals surface area (Å²) in [5, 5.41) is 0.794. The fraction of sp³-hybridized carbons (Fsp3) is 0.739. The van der Waals surface area contributed by atoms with Gasteiger partial charge in [0.25, 0.3) is 0 Å². The summed E-state index contributed by atoms with van der Waals surface area (Å²) in [7, 11) is 0.523. The van der Waals surface area contributed by atoms with Crippen LogP contribution < -0.4 is 9.92 Å². The van der Waals surface area contributed by atoms with Crippen molar-refractivity contribution in [3.05, 3.63) is 24.0 Å². The maximum absolute atomic E-state index is 14.2. The summed E-state index contributed by atoms with van der Waals surface area (Å²) in [5.41, 5.74) is 0. The van der Waals surface area contributed by atoms with Gasteiger partial charge in [0.1, 0.15) is 24.8 Å². The predicted molar refractivity (Wildman–Crippen MR) is 109 cm³/mol. The second kappa shape index (κ2) is 10.6. The maximum Gasteiger partial charge on any atom is 0.125 e. The summed E-state index contributed by atoms with van der Waals surface area (Å²) in [6.45, 7) is 1.78. The Kier molecular flexibility index (Phi) is 8.17. The minimum atomic E-state index is -0.548. The average Bonchev–Trinajstić information content (AvgIpc) is 2.72. The van der Waals surface area contributed by atoms with Crippen LogP contribution in [0, 0.1) is 29.5 Å². The van der Waals surface area contributed by atoms with E-state index in [-0.39, 0.29) is 12.4 Å². The predicted octanol–water partition coefficient (Wildman–Crippen LogP) is 5.94. The van der Waals surface area contributed by atoms with Crippen molar-refractivity contribution in [3.8, 4) is 5.75 Å². The van der Waals surface area contributed by atoms with E-state index in [2.05, 4.69) is 6.92 Å². The monoisotopic (exact) mass is 392 g/mol. The molecule has 3 rings (SSSR count). The Morgan fingerprint density at radius 2 is 1.59 bits per heavy atom. The highest BCUT2D eigenvalue weighted by Crippen LogP contribution is 2.42. The largest absolute Gasteiger partial charge is 0.491 e. The molecule has 0 saturated heterocycles. The number of rotatable bonds is 8. The lowest BCUT2D eigenvalue weighted by Gasteiger charge is -2.37. The fourth-order valence-electron chi connectivity index (χ4n) is 5.07. The Morgan fingerprint density at radius 3 is 2.15 bits per heavy atom. The van der Waals surface area contributed by atoms with E-state index in [0.29, 0.717) is 15.3 Å². The van der Waals surface area contributed by atoms with Gasteiger partial charge in [0, 0.05) is 6.07 Å². The van der Waals surface area contributed by atoms with E-state index in [1.54, 1.807) is 6.07 Å². The molecule has 0 atom stereocenters. The minimum Gasteiger partial charge on any atom is -0.491 e. The highest BCUT2D eigenvalue weighted by atomic mass is 28.2. The number of alkyl halides is 1. The van der Waals surface area contributed by atoms with Gasteiger partial charge in [0.15, 0.2) is 0 Å². The van der Waals surface area contributed by atoms with Crippen LogP contribution >= 0.6 is 0 Å². The molecule has 1 aromatic carbocycles. The molecule has 150 valence electrons. The summed E-state index contributed by atoms with van der Waals surface area (Å²) in [6, 6.07) is 6.10. The lowest BCUT2D eigenvalue weighted by molar-refractivity contribution is 0.149. The van der Waals surface area contributed by atoms with Gasteiger partial charge in [-0.05, 0) is 60.6 Å². The lowest BCUT2D eigenvalue weighted by atomic mass is 9.69. The zero-order valence-electron chi connectivity index (χ0n) is 16.7. The Morgan fingerprint density at radius 1 is 0.963 bits per heavy atom. The van der Waals surface area contributed by atoms with Crippen LogP contribution in [0.4, 0.5) is 8.78 Å². The summed E-state index contributed by atoms with van der Waals surface area (Å²) >= 11 is 0. The molecule has 2 saturated carbocycles. The van der Waals surface area contributed by atoms with Crippen molar-refractivity contribution >= 4 is 14.7 Å². The van der Waals surface area contributed by atoms with Crippen LogP contribution in [0.1, 0.15) is 64.7 Å². The molecule has 0 aromatic heterocycles. The zero-order valence-corrected chi connectivity index (χ0v) is 17.7. The molecule has 0 spiro atoms. The van der Waals surface area contributed by atoms with Crippen molar-refractivity contribution in [3.63, 3.8) is 0 Å². The third-order valence-electron chi connectivity index (χ3n) is 6.89. The zero-order chi connectivity index (χ0) is 19.1. The van der Waals surface area contributed by atoms with Gasteiger partial charge in [-0.15, -0.1) is 0 Å². The highest BCUT2D eigenvalue weighted by Gasteiger charge is 2.30. The molecule has 0 heterocycles. The van der Waals surface area contributed by atoms with Gasteiger partial charge in [-0.3, -0.25) is 0 Å². The summed E-state index contributed by atoms with van der Waals surface area (Å²) in [5.74, 6) is 3.90. The number of hydrogen-bond acceptors (Lipinski definition) is 1. The van der Waals surface area contributed by atoms with Crippen molar-refractivity contribution in [2.45, 2.75) is 70.8 Å². The van der Waals surface area contributed by atoms with Crippen molar-refractivity contribution in [1.29, 1.82) is 0 Å². The first kappa shape index (κ1) is 20.8. The van der Waals surface area contributed by atoms with Crippen LogP contribution in [0.15, 0.2) is 18.2 Å². The third kappa shape index (κ3) is 6.04. The SMILES string of the molecule is CCC1CCC(C2CCC(C[Si]c3ccc(OCCF)cc3F)CC2)CC1. The molecular weight excluding hydrogens is 358 g/mol. The number of hydrogen-bond donors (Lipinski definition) is 0. The fourth-order valence-corrected chi connectivity index (χ4v) is 6.43. The van der Waals surface area contributed by atoms with Gasteiger partial charge in [-0.1, -0.05) is 51.1 Å². The first-order chi connectivity index (χ1) is 13.2. The average molecular weight is 393 g/mol. The Hall–Kier alpha value is -0.903. The number of benzene rings is 1. The van der Waals surface area contributed by atoms with Gasteiger partial charge in [-0.2, -0.15) is 0 Å². The first-order valence-electron chi connectivity index (χ1n) is 10.9. The van der Waals surface area contributed by atoms with Gasteiger partial charge >= 0.3 is 0 Å². The van der Waals surface area contributed by atoms with Crippen molar-refractivity contribution in [2.75, 3.05) is 13.3 Å². The van der Waals surface area contributed by atoms with Crippen LogP contribution in [-0.4, -0.2) is 22.8 Å². The van der Waals surface area contributed by atoms with E-state index in [9.17, 15) is 8.78 Å². The standard InChI is InChI=1S/C23H34F2OSi/c1-2-17-3-7-19(8-4-17)20-9-5-18(6-10-20)16-27-23-12-11-21(15-22(23)25)26-14-13-24/h11-12,15,17-20H,2-10,13-14,16H2,1H3. The molecule has 1 aromatic rings. The van der Waals surface area contributed by atoms with Gasteiger partial charge < -0.3 is 4.74 Å².